The van der Waals surface area contributed by atoms with E-state index >= 15 is 0 Å². The average molecular weight is 293 g/mol. The van der Waals surface area contributed by atoms with Gasteiger partial charge in [-0.15, -0.1) is 0 Å². The molecule has 6 nitrogen and oxygen atoms in total. The number of urea groups is 1. The highest BCUT2D eigenvalue weighted by molar-refractivity contribution is 5.92. The predicted molar refractivity (Wildman–Crippen MR) is 82.2 cm³/mol. The van der Waals surface area contributed by atoms with E-state index in [1.165, 1.54) is 7.11 Å². The molecule has 1 rings (SSSR count). The number of amides is 2. The summed E-state index contributed by atoms with van der Waals surface area (Å²) >= 11 is 0. The Labute approximate surface area is 125 Å². The van der Waals surface area contributed by atoms with Gasteiger partial charge in [-0.05, 0) is 38.1 Å². The number of anilines is 1. The maximum absolute atomic E-state index is 11.7. The summed E-state index contributed by atoms with van der Waals surface area (Å²) in [6, 6.07) is 6.68. The highest BCUT2D eigenvalue weighted by Gasteiger charge is 2.15. The molecule has 21 heavy (non-hydrogen) atoms. The van der Waals surface area contributed by atoms with Crippen LogP contribution in [0.4, 0.5) is 10.5 Å². The highest BCUT2D eigenvalue weighted by atomic mass is 16.5. The number of hydrogen-bond donors (Lipinski definition) is 3. The topological polar surface area (TPSA) is 79.5 Å². The van der Waals surface area contributed by atoms with Crippen molar-refractivity contribution in [3.05, 3.63) is 29.8 Å². The van der Waals surface area contributed by atoms with E-state index in [9.17, 15) is 9.59 Å². The predicted octanol–water partition coefficient (Wildman–Crippen LogP) is 2.04. The molecule has 0 aromatic heterocycles. The smallest absolute Gasteiger partial charge is 0.328 e. The van der Waals surface area contributed by atoms with E-state index in [1.807, 2.05) is 24.3 Å². The first kappa shape index (κ1) is 17.0. The van der Waals surface area contributed by atoms with Crippen molar-refractivity contribution in [2.45, 2.75) is 32.9 Å². The molecule has 116 valence electrons. The van der Waals surface area contributed by atoms with E-state index in [4.69, 9.17) is 0 Å². The second-order valence-corrected chi connectivity index (χ2v) is 4.74. The van der Waals surface area contributed by atoms with Gasteiger partial charge < -0.3 is 20.7 Å². The zero-order chi connectivity index (χ0) is 15.8. The summed E-state index contributed by atoms with van der Waals surface area (Å²) in [7, 11) is 1.28. The average Bonchev–Trinajstić information content (AvgIpc) is 2.47. The fourth-order valence-corrected chi connectivity index (χ4v) is 1.88. The zero-order valence-electron chi connectivity index (χ0n) is 12.9. The molecule has 0 radical (unpaired) electrons. The van der Waals surface area contributed by atoms with Crippen molar-refractivity contribution in [3.63, 3.8) is 0 Å². The van der Waals surface area contributed by atoms with Gasteiger partial charge in [-0.1, -0.05) is 19.1 Å². The molecule has 0 saturated carbocycles. The van der Waals surface area contributed by atoms with Crippen molar-refractivity contribution in [1.29, 1.82) is 0 Å². The summed E-state index contributed by atoms with van der Waals surface area (Å²) in [4.78, 5) is 22.9. The van der Waals surface area contributed by atoms with E-state index in [2.05, 4.69) is 34.5 Å². The number of benzene rings is 1. The Morgan fingerprint density at radius 1 is 1.19 bits per heavy atom. The van der Waals surface area contributed by atoms with Crippen molar-refractivity contribution in [2.24, 2.45) is 0 Å². The van der Waals surface area contributed by atoms with Gasteiger partial charge in [0.05, 0.1) is 7.11 Å². The van der Waals surface area contributed by atoms with Crippen LogP contribution in [0, 0.1) is 0 Å². The van der Waals surface area contributed by atoms with Gasteiger partial charge in [0.2, 0.25) is 0 Å². The SMILES string of the molecule is CCNC(C)c1ccc(NC(=O)NC(C)C(=O)OC)cc1. The summed E-state index contributed by atoms with van der Waals surface area (Å²) in [5.74, 6) is -0.486. The Kier molecular flexibility index (Phi) is 6.68. The third kappa shape index (κ3) is 5.43. The molecule has 0 heterocycles. The number of nitrogens with one attached hydrogen (secondary N) is 3. The first-order valence-corrected chi connectivity index (χ1v) is 6.96. The lowest BCUT2D eigenvalue weighted by atomic mass is 10.1. The van der Waals surface area contributed by atoms with Gasteiger partial charge in [0.1, 0.15) is 6.04 Å². The first-order chi connectivity index (χ1) is 9.97. The Hall–Kier alpha value is -2.08. The number of rotatable bonds is 6. The monoisotopic (exact) mass is 293 g/mol. The highest BCUT2D eigenvalue weighted by Crippen LogP contribution is 2.15. The third-order valence-electron chi connectivity index (χ3n) is 3.08. The van der Waals surface area contributed by atoms with Crippen LogP contribution in [-0.2, 0) is 9.53 Å². The lowest BCUT2D eigenvalue weighted by molar-refractivity contribution is -0.142. The van der Waals surface area contributed by atoms with Crippen LogP contribution in [0.2, 0.25) is 0 Å². The molecular weight excluding hydrogens is 270 g/mol. The minimum absolute atomic E-state index is 0.261. The lowest BCUT2D eigenvalue weighted by Gasteiger charge is -2.14. The number of hydrogen-bond acceptors (Lipinski definition) is 4. The molecule has 0 aliphatic carbocycles. The maximum Gasteiger partial charge on any atom is 0.328 e. The van der Waals surface area contributed by atoms with Gasteiger partial charge in [-0.3, -0.25) is 0 Å². The molecule has 0 aliphatic rings. The number of esters is 1. The van der Waals surface area contributed by atoms with Crippen LogP contribution in [0.5, 0.6) is 0 Å². The van der Waals surface area contributed by atoms with Crippen LogP contribution in [0.25, 0.3) is 0 Å². The molecule has 3 N–H and O–H groups in total. The molecule has 2 amide bonds. The Balaban J connectivity index is 2.55. The summed E-state index contributed by atoms with van der Waals surface area (Å²) in [6.07, 6.45) is 0. The fourth-order valence-electron chi connectivity index (χ4n) is 1.88. The Morgan fingerprint density at radius 2 is 1.81 bits per heavy atom. The number of carbonyl (C=O) groups excluding carboxylic acids is 2. The molecule has 0 saturated heterocycles. The second-order valence-electron chi connectivity index (χ2n) is 4.74. The van der Waals surface area contributed by atoms with Crippen LogP contribution < -0.4 is 16.0 Å². The molecule has 2 unspecified atom stereocenters. The molecule has 1 aromatic carbocycles. The lowest BCUT2D eigenvalue weighted by Crippen LogP contribution is -2.41. The maximum atomic E-state index is 11.7. The Morgan fingerprint density at radius 3 is 2.33 bits per heavy atom. The van der Waals surface area contributed by atoms with Crippen molar-refractivity contribution < 1.29 is 14.3 Å². The van der Waals surface area contributed by atoms with E-state index in [0.717, 1.165) is 12.1 Å². The van der Waals surface area contributed by atoms with E-state index < -0.39 is 18.0 Å². The fraction of sp³-hybridized carbons (Fsp3) is 0.467. The van der Waals surface area contributed by atoms with Gasteiger partial charge in [0.15, 0.2) is 0 Å². The molecule has 0 bridgehead atoms. The largest absolute Gasteiger partial charge is 0.467 e. The number of methoxy groups -OCH3 is 1. The molecule has 0 aliphatic heterocycles. The second kappa shape index (κ2) is 8.26. The quantitative estimate of drug-likeness (QED) is 0.701. The van der Waals surface area contributed by atoms with Gasteiger partial charge in [0.25, 0.3) is 0 Å². The van der Waals surface area contributed by atoms with E-state index in [1.54, 1.807) is 6.92 Å². The van der Waals surface area contributed by atoms with Gasteiger partial charge in [-0.25, -0.2) is 9.59 Å². The minimum Gasteiger partial charge on any atom is -0.467 e. The van der Waals surface area contributed by atoms with Crippen molar-refractivity contribution in [1.82, 2.24) is 10.6 Å². The van der Waals surface area contributed by atoms with Crippen LogP contribution in [0.15, 0.2) is 24.3 Å². The van der Waals surface area contributed by atoms with E-state index in [0.29, 0.717) is 5.69 Å². The minimum atomic E-state index is -0.692. The van der Waals surface area contributed by atoms with Crippen LogP contribution in [0.1, 0.15) is 32.4 Å². The van der Waals surface area contributed by atoms with Gasteiger partial charge in [-0.2, -0.15) is 0 Å². The summed E-state index contributed by atoms with van der Waals surface area (Å²) in [5, 5.41) is 8.49. The third-order valence-corrected chi connectivity index (χ3v) is 3.08. The standard InChI is InChI=1S/C15H23N3O3/c1-5-16-10(2)12-6-8-13(9-7-12)18-15(20)17-11(3)14(19)21-4/h6-11,16H,5H2,1-4H3,(H2,17,18,20). The Bertz CT molecular complexity index is 474. The number of ether oxygens (including phenoxy) is 1. The van der Waals surface area contributed by atoms with Crippen LogP contribution in [-0.4, -0.2) is 31.7 Å². The van der Waals surface area contributed by atoms with Crippen molar-refractivity contribution >= 4 is 17.7 Å². The van der Waals surface area contributed by atoms with Gasteiger partial charge >= 0.3 is 12.0 Å². The van der Waals surface area contributed by atoms with Crippen LogP contribution in [0.3, 0.4) is 0 Å². The van der Waals surface area contributed by atoms with Crippen LogP contribution >= 0.6 is 0 Å². The zero-order valence-corrected chi connectivity index (χ0v) is 12.9. The van der Waals surface area contributed by atoms with Crippen molar-refractivity contribution in [3.8, 4) is 0 Å². The molecular formula is C15H23N3O3. The van der Waals surface area contributed by atoms with Crippen molar-refractivity contribution in [2.75, 3.05) is 19.0 Å². The molecule has 2 atom stereocenters. The molecule has 1 aromatic rings. The summed E-state index contributed by atoms with van der Waals surface area (Å²) < 4.78 is 4.54. The first-order valence-electron chi connectivity index (χ1n) is 6.96. The van der Waals surface area contributed by atoms with E-state index in [-0.39, 0.29) is 6.04 Å². The number of carbonyl (C=O) groups is 2. The summed E-state index contributed by atoms with van der Waals surface area (Å²) in [5.41, 5.74) is 1.81. The molecule has 0 fully saturated rings. The van der Waals surface area contributed by atoms with Gasteiger partial charge in [0, 0.05) is 11.7 Å². The molecule has 0 spiro atoms. The normalized spacial score (nSPS) is 13.1. The molecule has 6 heteroatoms. The summed E-state index contributed by atoms with van der Waals surface area (Å²) in [6.45, 7) is 6.59.